The van der Waals surface area contributed by atoms with Gasteiger partial charge in [0.05, 0.1) is 10.8 Å². The highest BCUT2D eigenvalue weighted by atomic mass is 32.2. The molecular weight excluding hydrogens is 318 g/mol. The molecule has 1 amide bonds. The molecule has 0 saturated carbocycles. The van der Waals surface area contributed by atoms with Gasteiger partial charge in [-0.15, -0.1) is 11.3 Å². The molecule has 7 heteroatoms. The average molecular weight is 337 g/mol. The number of aromatic nitrogens is 2. The summed E-state index contributed by atoms with van der Waals surface area (Å²) >= 11 is 3.46. The van der Waals surface area contributed by atoms with Crippen LogP contribution in [0.5, 0.6) is 0 Å². The molecule has 2 aromatic rings. The Kier molecular flexibility index (Phi) is 5.15. The van der Waals surface area contributed by atoms with Crippen molar-refractivity contribution in [1.29, 1.82) is 0 Å². The van der Waals surface area contributed by atoms with E-state index in [1.54, 1.807) is 29.2 Å². The molecule has 118 valence electrons. The van der Waals surface area contributed by atoms with Crippen molar-refractivity contribution in [2.24, 2.45) is 0 Å². The monoisotopic (exact) mass is 337 g/mol. The Bertz CT molecular complexity index is 604. The molecule has 0 radical (unpaired) electrons. The molecule has 3 heterocycles. The predicted molar refractivity (Wildman–Crippen MR) is 88.3 cm³/mol. The maximum atomic E-state index is 12.5. The van der Waals surface area contributed by atoms with Crippen LogP contribution in [0.1, 0.15) is 46.9 Å². The Morgan fingerprint density at radius 1 is 1.50 bits per heavy atom. The number of nitrogens with zero attached hydrogens (tertiary/aromatic N) is 3. The van der Waals surface area contributed by atoms with E-state index in [2.05, 4.69) is 17.1 Å². The molecular formula is C15H19N3O2S2. The summed E-state index contributed by atoms with van der Waals surface area (Å²) in [6.07, 6.45) is 3.79. The second kappa shape index (κ2) is 7.28. The third-order valence-corrected chi connectivity index (χ3v) is 5.64. The van der Waals surface area contributed by atoms with Gasteiger partial charge in [-0.05, 0) is 18.6 Å². The number of hydrogen-bond acceptors (Lipinski definition) is 6. The maximum absolute atomic E-state index is 12.5. The summed E-state index contributed by atoms with van der Waals surface area (Å²) in [5, 5.41) is 7.12. The molecule has 0 N–H and O–H groups in total. The highest BCUT2D eigenvalue weighted by Gasteiger charge is 2.27. The summed E-state index contributed by atoms with van der Waals surface area (Å²) in [5.74, 6) is 3.02. The lowest BCUT2D eigenvalue weighted by atomic mass is 9.97. The Balaban J connectivity index is 1.56. The number of piperidine rings is 1. The lowest BCUT2D eigenvalue weighted by Crippen LogP contribution is -2.38. The molecule has 3 rings (SSSR count). The lowest BCUT2D eigenvalue weighted by Gasteiger charge is -2.30. The van der Waals surface area contributed by atoms with Crippen molar-refractivity contribution in [2.45, 2.75) is 31.4 Å². The van der Waals surface area contributed by atoms with Crippen molar-refractivity contribution in [3.8, 4) is 0 Å². The van der Waals surface area contributed by atoms with Crippen LogP contribution in [0.25, 0.3) is 0 Å². The molecule has 0 atom stereocenters. The fourth-order valence-electron chi connectivity index (χ4n) is 2.61. The van der Waals surface area contributed by atoms with Crippen LogP contribution in [0.4, 0.5) is 0 Å². The first kappa shape index (κ1) is 15.6. The van der Waals surface area contributed by atoms with E-state index in [1.165, 1.54) is 5.01 Å². The minimum Gasteiger partial charge on any atom is -0.360 e. The van der Waals surface area contributed by atoms with Gasteiger partial charge in [0.2, 0.25) is 0 Å². The zero-order valence-electron chi connectivity index (χ0n) is 12.5. The van der Waals surface area contributed by atoms with Crippen LogP contribution in [0, 0.1) is 0 Å². The topological polar surface area (TPSA) is 59.2 Å². The first-order valence-electron chi connectivity index (χ1n) is 7.50. The van der Waals surface area contributed by atoms with Gasteiger partial charge in [0.1, 0.15) is 5.76 Å². The highest BCUT2D eigenvalue weighted by Crippen LogP contribution is 2.29. The van der Waals surface area contributed by atoms with Gasteiger partial charge in [0.25, 0.3) is 5.91 Å². The highest BCUT2D eigenvalue weighted by molar-refractivity contribution is 7.98. The molecule has 1 aliphatic heterocycles. The Morgan fingerprint density at radius 2 is 2.32 bits per heavy atom. The first-order chi connectivity index (χ1) is 10.8. The summed E-state index contributed by atoms with van der Waals surface area (Å²) in [5.41, 5.74) is 0.430. The zero-order chi connectivity index (χ0) is 15.4. The van der Waals surface area contributed by atoms with Gasteiger partial charge in [-0.25, -0.2) is 4.98 Å². The number of amides is 1. The number of thiazole rings is 1. The average Bonchev–Trinajstić information content (AvgIpc) is 3.24. The summed E-state index contributed by atoms with van der Waals surface area (Å²) in [6, 6.07) is 1.78. The maximum Gasteiger partial charge on any atom is 0.276 e. The smallest absolute Gasteiger partial charge is 0.276 e. The second-order valence-corrected chi connectivity index (χ2v) is 7.45. The normalized spacial score (nSPS) is 16.1. The van der Waals surface area contributed by atoms with E-state index < -0.39 is 0 Å². The minimum absolute atomic E-state index is 0.0194. The number of carbonyl (C=O) groups is 1. The van der Waals surface area contributed by atoms with E-state index in [0.717, 1.165) is 43.2 Å². The Morgan fingerprint density at radius 3 is 3.00 bits per heavy atom. The van der Waals surface area contributed by atoms with E-state index in [1.807, 2.05) is 16.5 Å². The molecule has 0 spiro atoms. The number of thioether (sulfide) groups is 1. The number of hydrogen-bond donors (Lipinski definition) is 0. The molecule has 1 aliphatic rings. The Hall–Kier alpha value is -1.34. The molecule has 5 nitrogen and oxygen atoms in total. The van der Waals surface area contributed by atoms with Gasteiger partial charge in [-0.1, -0.05) is 12.1 Å². The standard InChI is InChI=1S/C15H19N3O2S2/c1-2-21-10-12-9-13(17-20-12)15(19)18-6-3-11(4-7-18)14-16-5-8-22-14/h5,8-9,11H,2-4,6-7,10H2,1H3. The van der Waals surface area contributed by atoms with Crippen molar-refractivity contribution >= 4 is 29.0 Å². The van der Waals surface area contributed by atoms with E-state index in [0.29, 0.717) is 11.6 Å². The van der Waals surface area contributed by atoms with E-state index in [9.17, 15) is 4.79 Å². The fraction of sp³-hybridized carbons (Fsp3) is 0.533. The Labute approximate surface area is 138 Å². The molecule has 0 aliphatic carbocycles. The van der Waals surface area contributed by atoms with Gasteiger partial charge in [0.15, 0.2) is 5.69 Å². The van der Waals surface area contributed by atoms with Gasteiger partial charge in [-0.2, -0.15) is 11.8 Å². The summed E-state index contributed by atoms with van der Waals surface area (Å²) in [6.45, 7) is 3.61. The largest absolute Gasteiger partial charge is 0.360 e. The lowest BCUT2D eigenvalue weighted by molar-refractivity contribution is 0.0702. The SMILES string of the molecule is CCSCc1cc(C(=O)N2CCC(c3nccs3)CC2)no1. The van der Waals surface area contributed by atoms with Crippen molar-refractivity contribution < 1.29 is 9.32 Å². The summed E-state index contributed by atoms with van der Waals surface area (Å²) in [7, 11) is 0. The van der Waals surface area contributed by atoms with Gasteiger partial charge < -0.3 is 9.42 Å². The van der Waals surface area contributed by atoms with Gasteiger partial charge in [0, 0.05) is 36.7 Å². The van der Waals surface area contributed by atoms with Gasteiger partial charge >= 0.3 is 0 Å². The third-order valence-electron chi connectivity index (χ3n) is 3.81. The summed E-state index contributed by atoms with van der Waals surface area (Å²) in [4.78, 5) is 18.7. The predicted octanol–water partition coefficient (Wildman–Crippen LogP) is 3.40. The van der Waals surface area contributed by atoms with E-state index in [-0.39, 0.29) is 5.91 Å². The minimum atomic E-state index is -0.0194. The summed E-state index contributed by atoms with van der Waals surface area (Å²) < 4.78 is 5.23. The fourth-order valence-corrected chi connectivity index (χ4v) is 3.96. The molecule has 1 fully saturated rings. The molecule has 1 saturated heterocycles. The van der Waals surface area contributed by atoms with E-state index >= 15 is 0 Å². The van der Waals surface area contributed by atoms with Crippen LogP contribution >= 0.6 is 23.1 Å². The molecule has 2 aromatic heterocycles. The van der Waals surface area contributed by atoms with Crippen LogP contribution in [0.15, 0.2) is 22.2 Å². The molecule has 0 aromatic carbocycles. The van der Waals surface area contributed by atoms with Gasteiger partial charge in [-0.3, -0.25) is 4.79 Å². The third kappa shape index (κ3) is 3.52. The first-order valence-corrected chi connectivity index (χ1v) is 9.53. The van der Waals surface area contributed by atoms with Crippen LogP contribution in [-0.4, -0.2) is 39.8 Å². The quantitative estimate of drug-likeness (QED) is 0.837. The van der Waals surface area contributed by atoms with Crippen LogP contribution in [0.3, 0.4) is 0 Å². The van der Waals surface area contributed by atoms with Crippen molar-refractivity contribution in [3.63, 3.8) is 0 Å². The van der Waals surface area contributed by atoms with Crippen LogP contribution in [-0.2, 0) is 5.75 Å². The number of rotatable bonds is 5. The zero-order valence-corrected chi connectivity index (χ0v) is 14.2. The van der Waals surface area contributed by atoms with Crippen LogP contribution < -0.4 is 0 Å². The van der Waals surface area contributed by atoms with Crippen molar-refractivity contribution in [2.75, 3.05) is 18.8 Å². The molecule has 22 heavy (non-hydrogen) atoms. The number of carbonyl (C=O) groups excluding carboxylic acids is 1. The molecule has 0 unspecified atom stereocenters. The number of likely N-dealkylation sites (tertiary alicyclic amines) is 1. The van der Waals surface area contributed by atoms with Crippen molar-refractivity contribution in [1.82, 2.24) is 15.0 Å². The van der Waals surface area contributed by atoms with Crippen LogP contribution in [0.2, 0.25) is 0 Å². The second-order valence-electron chi connectivity index (χ2n) is 5.25. The van der Waals surface area contributed by atoms with Crippen molar-refractivity contribution in [3.05, 3.63) is 34.1 Å². The molecule has 0 bridgehead atoms. The van der Waals surface area contributed by atoms with E-state index in [4.69, 9.17) is 4.52 Å².